The Morgan fingerprint density at radius 2 is 2.00 bits per heavy atom. The van der Waals surface area contributed by atoms with Gasteiger partial charge in [0.2, 0.25) is 15.9 Å². The van der Waals surface area contributed by atoms with Crippen molar-refractivity contribution in [2.45, 2.75) is 25.4 Å². The van der Waals surface area contributed by atoms with Crippen LogP contribution in [0.3, 0.4) is 0 Å². The van der Waals surface area contributed by atoms with Crippen LogP contribution >= 0.6 is 12.4 Å². The highest BCUT2D eigenvalue weighted by atomic mass is 35.5. The summed E-state index contributed by atoms with van der Waals surface area (Å²) in [6.07, 6.45) is -1.99. The van der Waals surface area contributed by atoms with Crippen LogP contribution in [0.25, 0.3) is 0 Å². The largest absolute Gasteiger partial charge is 0.416 e. The summed E-state index contributed by atoms with van der Waals surface area (Å²) in [5.74, 6) is -0.0938. The zero-order chi connectivity index (χ0) is 18.7. The summed E-state index contributed by atoms with van der Waals surface area (Å²) in [5, 5.41) is 5.55. The fraction of sp³-hybridized carbons (Fsp3) is 0.533. The molecule has 1 aromatic rings. The highest BCUT2D eigenvalue weighted by Gasteiger charge is 2.31. The monoisotopic (exact) mass is 415 g/mol. The lowest BCUT2D eigenvalue weighted by Gasteiger charge is -2.15. The molecule has 26 heavy (non-hydrogen) atoms. The molecular weight excluding hydrogens is 395 g/mol. The Kier molecular flexibility index (Phi) is 7.72. The van der Waals surface area contributed by atoms with Crippen molar-refractivity contribution in [3.63, 3.8) is 0 Å². The van der Waals surface area contributed by atoms with E-state index in [1.807, 2.05) is 0 Å². The van der Waals surface area contributed by atoms with Crippen molar-refractivity contribution in [2.24, 2.45) is 5.92 Å². The van der Waals surface area contributed by atoms with Crippen LogP contribution in [-0.4, -0.2) is 33.7 Å². The molecule has 1 saturated heterocycles. The number of alkyl halides is 3. The first kappa shape index (κ1) is 22.5. The molecule has 1 fully saturated rings. The SMILES string of the molecule is CS(=O)(=O)Nc1ccc(C(F)(F)F)cc1NC(=O)CCC1CCNC1.Cl. The number of sulfonamides is 1. The van der Waals surface area contributed by atoms with Gasteiger partial charge in [-0.15, -0.1) is 12.4 Å². The maximum atomic E-state index is 12.9. The maximum Gasteiger partial charge on any atom is 0.416 e. The third-order valence-electron chi connectivity index (χ3n) is 3.86. The lowest BCUT2D eigenvalue weighted by Crippen LogP contribution is -2.18. The number of hydrogen-bond donors (Lipinski definition) is 3. The molecule has 1 heterocycles. The van der Waals surface area contributed by atoms with Gasteiger partial charge in [0, 0.05) is 6.42 Å². The van der Waals surface area contributed by atoms with E-state index in [-0.39, 0.29) is 30.2 Å². The highest BCUT2D eigenvalue weighted by molar-refractivity contribution is 7.92. The first-order valence-corrected chi connectivity index (χ1v) is 9.63. The van der Waals surface area contributed by atoms with E-state index < -0.39 is 27.7 Å². The lowest BCUT2D eigenvalue weighted by atomic mass is 10.0. The molecule has 0 aromatic heterocycles. The minimum Gasteiger partial charge on any atom is -0.324 e. The van der Waals surface area contributed by atoms with Crippen molar-refractivity contribution in [3.05, 3.63) is 23.8 Å². The minimum atomic E-state index is -4.60. The summed E-state index contributed by atoms with van der Waals surface area (Å²) < 4.78 is 63.5. The highest BCUT2D eigenvalue weighted by Crippen LogP contribution is 2.34. The molecule has 1 aromatic carbocycles. The molecule has 148 valence electrons. The third-order valence-corrected chi connectivity index (χ3v) is 4.45. The lowest BCUT2D eigenvalue weighted by molar-refractivity contribution is -0.137. The predicted octanol–water partition coefficient (Wildman–Crippen LogP) is 2.83. The average molecular weight is 416 g/mol. The Morgan fingerprint density at radius 1 is 1.31 bits per heavy atom. The van der Waals surface area contributed by atoms with Gasteiger partial charge in [-0.1, -0.05) is 0 Å². The Balaban J connectivity index is 0.00000338. The van der Waals surface area contributed by atoms with Gasteiger partial charge in [0.25, 0.3) is 0 Å². The molecule has 1 aliphatic heterocycles. The van der Waals surface area contributed by atoms with Crippen LogP contribution in [0.2, 0.25) is 0 Å². The molecule has 1 atom stereocenters. The van der Waals surface area contributed by atoms with Gasteiger partial charge < -0.3 is 10.6 Å². The molecule has 1 amide bonds. The first-order chi connectivity index (χ1) is 11.5. The summed E-state index contributed by atoms with van der Waals surface area (Å²) in [6, 6.07) is 2.47. The summed E-state index contributed by atoms with van der Waals surface area (Å²) in [6.45, 7) is 1.71. The van der Waals surface area contributed by atoms with Crippen molar-refractivity contribution < 1.29 is 26.4 Å². The molecule has 1 unspecified atom stereocenters. The van der Waals surface area contributed by atoms with Gasteiger partial charge in [-0.2, -0.15) is 13.2 Å². The van der Waals surface area contributed by atoms with Crippen LogP contribution < -0.4 is 15.4 Å². The average Bonchev–Trinajstić information content (AvgIpc) is 2.97. The second-order valence-electron chi connectivity index (χ2n) is 6.08. The maximum absolute atomic E-state index is 12.9. The van der Waals surface area contributed by atoms with Crippen LogP contribution in [0.1, 0.15) is 24.8 Å². The summed E-state index contributed by atoms with van der Waals surface area (Å²) >= 11 is 0. The van der Waals surface area contributed by atoms with Crippen LogP contribution in [0.5, 0.6) is 0 Å². The standard InChI is InChI=1S/C15H20F3N3O3S.ClH/c1-25(23,24)21-12-4-3-11(15(16,17)18)8-13(12)20-14(22)5-2-10-6-7-19-9-10;/h3-4,8,10,19,21H,2,5-7,9H2,1H3,(H,20,22);1H. The second-order valence-corrected chi connectivity index (χ2v) is 7.83. The number of amides is 1. The normalized spacial score (nSPS) is 17.5. The fourth-order valence-electron chi connectivity index (χ4n) is 2.62. The van der Waals surface area contributed by atoms with Gasteiger partial charge in [-0.25, -0.2) is 8.42 Å². The third kappa shape index (κ3) is 7.00. The molecule has 0 spiro atoms. The number of rotatable bonds is 6. The van der Waals surface area contributed by atoms with E-state index in [0.717, 1.165) is 44.0 Å². The zero-order valence-electron chi connectivity index (χ0n) is 14.0. The van der Waals surface area contributed by atoms with E-state index in [2.05, 4.69) is 15.4 Å². The van der Waals surface area contributed by atoms with Crippen molar-refractivity contribution >= 4 is 39.7 Å². The molecule has 3 N–H and O–H groups in total. The number of carbonyl (C=O) groups excluding carboxylic acids is 1. The van der Waals surface area contributed by atoms with Gasteiger partial charge in [0.05, 0.1) is 23.2 Å². The molecule has 0 aliphatic carbocycles. The van der Waals surface area contributed by atoms with Crippen molar-refractivity contribution in [1.29, 1.82) is 0 Å². The Labute approximate surface area is 156 Å². The van der Waals surface area contributed by atoms with Gasteiger partial charge >= 0.3 is 6.18 Å². The van der Waals surface area contributed by atoms with Gasteiger partial charge in [-0.05, 0) is 50.0 Å². The summed E-state index contributed by atoms with van der Waals surface area (Å²) in [7, 11) is -3.70. The molecule has 6 nitrogen and oxygen atoms in total. The van der Waals surface area contributed by atoms with Gasteiger partial charge in [0.1, 0.15) is 0 Å². The number of anilines is 2. The number of nitrogens with one attached hydrogen (secondary N) is 3. The summed E-state index contributed by atoms with van der Waals surface area (Å²) in [5.41, 5.74) is -1.29. The van der Waals surface area contributed by atoms with Crippen LogP contribution in [-0.2, 0) is 21.0 Å². The topological polar surface area (TPSA) is 87.3 Å². The fourth-order valence-corrected chi connectivity index (χ4v) is 3.20. The number of benzene rings is 1. The Bertz CT molecular complexity index is 735. The van der Waals surface area contributed by atoms with E-state index in [1.54, 1.807) is 0 Å². The van der Waals surface area contributed by atoms with Crippen LogP contribution in [0.4, 0.5) is 24.5 Å². The Hall–Kier alpha value is -1.52. The second kappa shape index (κ2) is 8.92. The smallest absolute Gasteiger partial charge is 0.324 e. The van der Waals surface area contributed by atoms with E-state index in [1.165, 1.54) is 0 Å². The van der Waals surface area contributed by atoms with Gasteiger partial charge in [0.15, 0.2) is 0 Å². The quantitative estimate of drug-likeness (QED) is 0.666. The number of halogens is 4. The minimum absolute atomic E-state index is 0. The van der Waals surface area contributed by atoms with Crippen molar-refractivity contribution in [1.82, 2.24) is 5.32 Å². The van der Waals surface area contributed by atoms with E-state index >= 15 is 0 Å². The molecule has 0 radical (unpaired) electrons. The van der Waals surface area contributed by atoms with Crippen LogP contribution in [0, 0.1) is 5.92 Å². The zero-order valence-corrected chi connectivity index (χ0v) is 15.7. The molecule has 1 aliphatic rings. The molecular formula is C15H21ClF3N3O3S. The molecule has 2 rings (SSSR count). The predicted molar refractivity (Wildman–Crippen MR) is 96.0 cm³/mol. The molecule has 11 heteroatoms. The van der Waals surface area contributed by atoms with Gasteiger partial charge in [-0.3, -0.25) is 9.52 Å². The van der Waals surface area contributed by atoms with Crippen LogP contribution in [0.15, 0.2) is 18.2 Å². The van der Waals surface area contributed by atoms with E-state index in [9.17, 15) is 26.4 Å². The van der Waals surface area contributed by atoms with E-state index in [0.29, 0.717) is 12.3 Å². The van der Waals surface area contributed by atoms with Crippen molar-refractivity contribution in [3.8, 4) is 0 Å². The Morgan fingerprint density at radius 3 is 2.54 bits per heavy atom. The molecule has 0 saturated carbocycles. The first-order valence-electron chi connectivity index (χ1n) is 7.74. The van der Waals surface area contributed by atoms with Crippen molar-refractivity contribution in [2.75, 3.05) is 29.4 Å². The van der Waals surface area contributed by atoms with E-state index in [4.69, 9.17) is 0 Å². The number of carbonyl (C=O) groups is 1. The summed E-state index contributed by atoms with van der Waals surface area (Å²) in [4.78, 5) is 12.1. The number of hydrogen-bond acceptors (Lipinski definition) is 4. The molecule has 0 bridgehead atoms.